The van der Waals surface area contributed by atoms with E-state index in [9.17, 15) is 14.4 Å². The van der Waals surface area contributed by atoms with Gasteiger partial charge in [0.15, 0.2) is 5.82 Å². The van der Waals surface area contributed by atoms with E-state index in [4.69, 9.17) is 0 Å². The number of nitrogens with zero attached hydrogens (tertiary/aromatic N) is 3. The van der Waals surface area contributed by atoms with Crippen molar-refractivity contribution in [1.29, 1.82) is 0 Å². The summed E-state index contributed by atoms with van der Waals surface area (Å²) in [6.07, 6.45) is 1.51. The minimum atomic E-state index is -0.397. The highest BCUT2D eigenvalue weighted by Crippen LogP contribution is 2.37. The third-order valence-electron chi connectivity index (χ3n) is 6.12. The summed E-state index contributed by atoms with van der Waals surface area (Å²) in [5.41, 5.74) is 3.92. The Bertz CT molecular complexity index is 1490. The van der Waals surface area contributed by atoms with Crippen molar-refractivity contribution in [3.05, 3.63) is 81.4 Å². The van der Waals surface area contributed by atoms with E-state index in [2.05, 4.69) is 10.3 Å². The highest BCUT2D eigenvalue weighted by molar-refractivity contribution is 6.18. The molecule has 0 atom stereocenters. The van der Waals surface area contributed by atoms with Gasteiger partial charge in [-0.05, 0) is 38.0 Å². The Hall–Kier alpha value is -4.00. The summed E-state index contributed by atoms with van der Waals surface area (Å²) in [7, 11) is 0. The maximum absolute atomic E-state index is 13.4. The molecular formula is C24H18N4O3. The minimum Gasteiger partial charge on any atom is -0.338 e. The van der Waals surface area contributed by atoms with Crippen LogP contribution in [0.3, 0.4) is 0 Å². The first-order valence-corrected chi connectivity index (χ1v) is 10.2. The van der Waals surface area contributed by atoms with Crippen LogP contribution >= 0.6 is 0 Å². The number of aryl methyl sites for hydroxylation is 2. The topological polar surface area (TPSA) is 86.0 Å². The molecule has 2 aliphatic heterocycles. The van der Waals surface area contributed by atoms with Crippen molar-refractivity contribution in [1.82, 2.24) is 14.1 Å². The summed E-state index contributed by atoms with van der Waals surface area (Å²) in [6, 6.07) is 14.6. The van der Waals surface area contributed by atoms with Crippen molar-refractivity contribution >= 4 is 28.4 Å². The Kier molecular flexibility index (Phi) is 3.59. The van der Waals surface area contributed by atoms with Gasteiger partial charge in [-0.1, -0.05) is 35.9 Å². The molecule has 1 N–H and O–H groups in total. The number of rotatable bonds is 2. The van der Waals surface area contributed by atoms with Crippen molar-refractivity contribution in [2.75, 3.05) is 5.32 Å². The summed E-state index contributed by atoms with van der Waals surface area (Å²) >= 11 is 0. The van der Waals surface area contributed by atoms with Gasteiger partial charge in [-0.15, -0.1) is 0 Å². The zero-order chi connectivity index (χ0) is 21.3. The SMILES string of the molecule is Cc1ccc(NC(=O)c2c3c(c4n2CCC4)c(=O)nc2n3C(=O)c3ccccc3-2)cc1. The molecule has 7 heteroatoms. The third-order valence-corrected chi connectivity index (χ3v) is 6.12. The smallest absolute Gasteiger partial charge is 0.282 e. The second-order valence-corrected chi connectivity index (χ2v) is 8.02. The summed E-state index contributed by atoms with van der Waals surface area (Å²) in [5.74, 6) is -0.311. The molecule has 2 aromatic carbocycles. The first-order chi connectivity index (χ1) is 15.0. The number of benzene rings is 2. The molecule has 0 saturated carbocycles. The van der Waals surface area contributed by atoms with Gasteiger partial charge >= 0.3 is 0 Å². The standard InChI is InChI=1S/C24H18N4O3/c1-13-8-10-14(11-9-13)25-23(30)20-19-18(17-7-4-12-27(17)20)22(29)26-21-15-5-2-3-6-16(15)24(31)28(19)21/h2-3,5-6,8-11H,4,7,12H2,1H3,(H,25,30). The number of amides is 1. The fourth-order valence-corrected chi connectivity index (χ4v) is 4.74. The number of hydrogen-bond acceptors (Lipinski definition) is 4. The second kappa shape index (κ2) is 6.25. The predicted molar refractivity (Wildman–Crippen MR) is 117 cm³/mol. The lowest BCUT2D eigenvalue weighted by Crippen LogP contribution is -2.21. The molecule has 4 aromatic rings. The molecule has 0 saturated heterocycles. The maximum atomic E-state index is 13.4. The van der Waals surface area contributed by atoms with Gasteiger partial charge in [0.25, 0.3) is 17.4 Å². The summed E-state index contributed by atoms with van der Waals surface area (Å²) < 4.78 is 3.32. The molecule has 7 nitrogen and oxygen atoms in total. The molecule has 31 heavy (non-hydrogen) atoms. The number of hydrogen-bond donors (Lipinski definition) is 1. The van der Waals surface area contributed by atoms with Crippen molar-refractivity contribution in [3.8, 4) is 11.4 Å². The van der Waals surface area contributed by atoms with Crippen LogP contribution in [-0.4, -0.2) is 25.9 Å². The highest BCUT2D eigenvalue weighted by Gasteiger charge is 2.36. The Labute approximate surface area is 177 Å². The Balaban J connectivity index is 1.63. The van der Waals surface area contributed by atoms with Crippen LogP contribution in [0.4, 0.5) is 5.69 Å². The molecule has 0 fully saturated rings. The maximum Gasteiger partial charge on any atom is 0.282 e. The number of nitrogens with one attached hydrogen (secondary N) is 1. The number of fused-ring (bicyclic) bond motifs is 7. The summed E-state index contributed by atoms with van der Waals surface area (Å²) in [4.78, 5) is 44.1. The number of aromatic nitrogens is 3. The molecule has 1 amide bonds. The zero-order valence-electron chi connectivity index (χ0n) is 16.8. The van der Waals surface area contributed by atoms with E-state index < -0.39 is 5.56 Å². The van der Waals surface area contributed by atoms with Crippen LogP contribution in [0.5, 0.6) is 0 Å². The monoisotopic (exact) mass is 410 g/mol. The molecule has 6 rings (SSSR count). The van der Waals surface area contributed by atoms with E-state index >= 15 is 0 Å². The molecule has 0 bridgehead atoms. The van der Waals surface area contributed by atoms with E-state index in [0.717, 1.165) is 17.7 Å². The van der Waals surface area contributed by atoms with Gasteiger partial charge in [0.2, 0.25) is 0 Å². The fraction of sp³-hybridized carbons (Fsp3) is 0.167. The summed E-state index contributed by atoms with van der Waals surface area (Å²) in [5, 5.41) is 3.30. The van der Waals surface area contributed by atoms with Gasteiger partial charge < -0.3 is 9.88 Å². The van der Waals surface area contributed by atoms with Crippen LogP contribution in [0.25, 0.3) is 22.3 Å². The van der Waals surface area contributed by atoms with Gasteiger partial charge in [-0.25, -0.2) is 0 Å². The Morgan fingerprint density at radius 3 is 2.55 bits per heavy atom. The molecule has 2 aromatic heterocycles. The average Bonchev–Trinajstić information content (AvgIpc) is 3.42. The molecule has 0 spiro atoms. The van der Waals surface area contributed by atoms with Crippen LogP contribution in [0.2, 0.25) is 0 Å². The Morgan fingerprint density at radius 2 is 1.77 bits per heavy atom. The molecule has 0 aliphatic carbocycles. The van der Waals surface area contributed by atoms with Crippen molar-refractivity contribution in [2.24, 2.45) is 0 Å². The van der Waals surface area contributed by atoms with Crippen molar-refractivity contribution < 1.29 is 9.59 Å². The van der Waals surface area contributed by atoms with Crippen LogP contribution in [-0.2, 0) is 13.0 Å². The van der Waals surface area contributed by atoms with E-state index in [1.165, 1.54) is 4.57 Å². The van der Waals surface area contributed by atoms with E-state index in [1.54, 1.807) is 18.2 Å². The molecule has 0 radical (unpaired) electrons. The van der Waals surface area contributed by atoms with Crippen LogP contribution in [0, 0.1) is 6.92 Å². The molecule has 2 aliphatic rings. The predicted octanol–water partition coefficient (Wildman–Crippen LogP) is 3.37. The molecule has 152 valence electrons. The normalized spacial score (nSPS) is 13.9. The largest absolute Gasteiger partial charge is 0.338 e. The Morgan fingerprint density at radius 1 is 1.03 bits per heavy atom. The van der Waals surface area contributed by atoms with E-state index in [1.807, 2.05) is 41.8 Å². The molecule has 0 unspecified atom stereocenters. The van der Waals surface area contributed by atoms with Gasteiger partial charge in [-0.3, -0.25) is 19.0 Å². The van der Waals surface area contributed by atoms with E-state index in [0.29, 0.717) is 52.2 Å². The molecule has 4 heterocycles. The van der Waals surface area contributed by atoms with Crippen molar-refractivity contribution in [2.45, 2.75) is 26.3 Å². The van der Waals surface area contributed by atoms with Crippen LogP contribution in [0.15, 0.2) is 53.3 Å². The second-order valence-electron chi connectivity index (χ2n) is 8.02. The first kappa shape index (κ1) is 17.8. The quantitative estimate of drug-likeness (QED) is 0.483. The van der Waals surface area contributed by atoms with Crippen LogP contribution < -0.4 is 10.9 Å². The highest BCUT2D eigenvalue weighted by atomic mass is 16.2. The zero-order valence-corrected chi connectivity index (χ0v) is 16.8. The lowest BCUT2D eigenvalue weighted by atomic mass is 10.1. The van der Waals surface area contributed by atoms with Gasteiger partial charge in [0.05, 0.1) is 16.5 Å². The van der Waals surface area contributed by atoms with Crippen LogP contribution in [0.1, 0.15) is 38.5 Å². The fourth-order valence-electron chi connectivity index (χ4n) is 4.74. The average molecular weight is 410 g/mol. The summed E-state index contributed by atoms with van der Waals surface area (Å²) in [6.45, 7) is 2.60. The lowest BCUT2D eigenvalue weighted by molar-refractivity contribution is 0.0972. The van der Waals surface area contributed by atoms with E-state index in [-0.39, 0.29) is 11.8 Å². The first-order valence-electron chi connectivity index (χ1n) is 10.2. The third kappa shape index (κ3) is 2.40. The number of carbonyl (C=O) groups excluding carboxylic acids is 2. The lowest BCUT2D eigenvalue weighted by Gasteiger charge is -2.11. The van der Waals surface area contributed by atoms with Gasteiger partial charge in [0, 0.05) is 23.5 Å². The number of anilines is 1. The van der Waals surface area contributed by atoms with Gasteiger partial charge in [0.1, 0.15) is 5.69 Å². The number of carbonyl (C=O) groups is 2. The molecular weight excluding hydrogens is 392 g/mol. The van der Waals surface area contributed by atoms with Crippen molar-refractivity contribution in [3.63, 3.8) is 0 Å². The van der Waals surface area contributed by atoms with Gasteiger partial charge in [-0.2, -0.15) is 4.98 Å². The minimum absolute atomic E-state index is 0.267.